The van der Waals surface area contributed by atoms with E-state index < -0.39 is 0 Å². The van der Waals surface area contributed by atoms with Gasteiger partial charge in [0.15, 0.2) is 11.7 Å². The van der Waals surface area contributed by atoms with Crippen molar-refractivity contribution in [3.05, 3.63) is 66.7 Å². The Morgan fingerprint density at radius 3 is 2.81 bits per heavy atom. The number of carbonyl (C=O) groups excluding carboxylic acids is 1. The zero-order valence-electron chi connectivity index (χ0n) is 17.9. The van der Waals surface area contributed by atoms with Crippen molar-refractivity contribution < 1.29 is 14.3 Å². The van der Waals surface area contributed by atoms with E-state index in [0.29, 0.717) is 17.4 Å². The van der Waals surface area contributed by atoms with Gasteiger partial charge in [-0.1, -0.05) is 29.5 Å². The van der Waals surface area contributed by atoms with Crippen molar-refractivity contribution in [2.45, 2.75) is 19.9 Å². The molecule has 1 amide bonds. The smallest absolute Gasteiger partial charge is 0.266 e. The molecule has 0 aliphatic carbocycles. The third-order valence-electron chi connectivity index (χ3n) is 4.92. The average molecular weight is 473 g/mol. The third-order valence-corrected chi connectivity index (χ3v) is 5.96. The van der Waals surface area contributed by atoms with E-state index in [9.17, 15) is 4.79 Å². The van der Waals surface area contributed by atoms with E-state index in [-0.39, 0.29) is 24.9 Å². The number of hydrogen-bond acceptors (Lipinski definition) is 6. The molecule has 7 nitrogen and oxygen atoms in total. The summed E-state index contributed by atoms with van der Waals surface area (Å²) in [6, 6.07) is 13.4. The molecule has 0 fully saturated rings. The van der Waals surface area contributed by atoms with Gasteiger partial charge in [-0.05, 0) is 43.2 Å². The number of amides is 1. The normalized spacial score (nSPS) is 10.6. The first-order valence-electron chi connectivity index (χ1n) is 10.0. The topological polar surface area (TPSA) is 69.5 Å². The molecule has 0 aliphatic heterocycles. The average Bonchev–Trinajstić information content (AvgIpc) is 3.45. The third kappa shape index (κ3) is 5.57. The fourth-order valence-electron chi connectivity index (χ4n) is 3.23. The Kier molecular flexibility index (Phi) is 8.08. The zero-order chi connectivity index (χ0) is 21.6. The van der Waals surface area contributed by atoms with Crippen LogP contribution in [-0.2, 0) is 11.3 Å². The Hall–Kier alpha value is -3.10. The lowest BCUT2D eigenvalue weighted by molar-refractivity contribution is -0.120. The van der Waals surface area contributed by atoms with Crippen LogP contribution in [0.3, 0.4) is 0 Å². The molecule has 0 atom stereocenters. The highest BCUT2D eigenvalue weighted by Crippen LogP contribution is 2.31. The second-order valence-corrected chi connectivity index (χ2v) is 8.09. The van der Waals surface area contributed by atoms with E-state index in [1.54, 1.807) is 24.5 Å². The van der Waals surface area contributed by atoms with E-state index in [2.05, 4.69) is 4.98 Å². The van der Waals surface area contributed by atoms with Gasteiger partial charge < -0.3 is 14.0 Å². The van der Waals surface area contributed by atoms with Gasteiger partial charge in [0.2, 0.25) is 0 Å². The molecule has 0 saturated carbocycles. The predicted molar refractivity (Wildman–Crippen MR) is 129 cm³/mol. The van der Waals surface area contributed by atoms with Crippen molar-refractivity contribution >= 4 is 45.0 Å². The number of halogens is 1. The second kappa shape index (κ2) is 11.0. The minimum atomic E-state index is -0.125. The number of nitrogens with zero attached hydrogens (tertiary/aromatic N) is 4. The largest absolute Gasteiger partial charge is 0.497 e. The van der Waals surface area contributed by atoms with Gasteiger partial charge in [-0.2, -0.15) is 0 Å². The van der Waals surface area contributed by atoms with Crippen LogP contribution in [0.25, 0.3) is 10.2 Å². The molecule has 0 unspecified atom stereocenters. The van der Waals surface area contributed by atoms with Crippen molar-refractivity contribution in [1.82, 2.24) is 14.5 Å². The maximum Gasteiger partial charge on any atom is 0.266 e. The number of imidazole rings is 1. The van der Waals surface area contributed by atoms with Crippen LogP contribution in [0.5, 0.6) is 11.5 Å². The number of ether oxygens (including phenoxy) is 2. The molecule has 2 aromatic heterocycles. The number of carbonyl (C=O) groups is 1. The van der Waals surface area contributed by atoms with Crippen LogP contribution in [-0.4, -0.2) is 40.7 Å². The van der Waals surface area contributed by atoms with E-state index in [1.807, 2.05) is 60.2 Å². The number of para-hydroxylation sites is 1. The van der Waals surface area contributed by atoms with Crippen LogP contribution in [0.1, 0.15) is 12.0 Å². The Bertz CT molecular complexity index is 1160. The molecule has 0 spiro atoms. The fraction of sp³-hybridized carbons (Fsp3) is 0.261. The first-order valence-corrected chi connectivity index (χ1v) is 10.8. The van der Waals surface area contributed by atoms with E-state index in [4.69, 9.17) is 14.5 Å². The molecule has 0 saturated heterocycles. The number of benzene rings is 2. The standard InChI is InChI=1S/C23H24N4O3S.ClH/c1-17-6-3-4-7-20(17)30-15-22(28)27(12-5-11-26-13-10-24-16-26)23-25-19-9-8-18(29-2)14-21(19)31-23;/h3-4,6-10,13-14,16H,5,11-12,15H2,1-2H3;1H. The van der Waals surface area contributed by atoms with Gasteiger partial charge in [0.05, 0.1) is 23.7 Å². The quantitative estimate of drug-likeness (QED) is 0.352. The molecule has 4 aromatic rings. The van der Waals surface area contributed by atoms with Crippen LogP contribution in [0.2, 0.25) is 0 Å². The molecule has 0 aliphatic rings. The summed E-state index contributed by atoms with van der Waals surface area (Å²) in [6.45, 7) is 3.21. The SMILES string of the molecule is COc1ccc2nc(N(CCCn3ccnc3)C(=O)COc3ccccc3C)sc2c1.Cl. The summed E-state index contributed by atoms with van der Waals surface area (Å²) >= 11 is 1.48. The molecule has 168 valence electrons. The Morgan fingerprint density at radius 2 is 2.06 bits per heavy atom. The van der Waals surface area contributed by atoms with Crippen LogP contribution in [0.4, 0.5) is 5.13 Å². The number of anilines is 1. The lowest BCUT2D eigenvalue weighted by Crippen LogP contribution is -2.36. The number of hydrogen-bond donors (Lipinski definition) is 0. The van der Waals surface area contributed by atoms with Crippen LogP contribution < -0.4 is 14.4 Å². The lowest BCUT2D eigenvalue weighted by Gasteiger charge is -2.20. The van der Waals surface area contributed by atoms with Gasteiger partial charge in [-0.25, -0.2) is 9.97 Å². The molecule has 4 rings (SSSR count). The first kappa shape index (κ1) is 23.6. The number of rotatable bonds is 9. The van der Waals surface area contributed by atoms with Gasteiger partial charge in [-0.15, -0.1) is 12.4 Å². The molecule has 2 heterocycles. The molecule has 0 radical (unpaired) electrons. The lowest BCUT2D eigenvalue weighted by atomic mass is 10.2. The summed E-state index contributed by atoms with van der Waals surface area (Å²) in [5, 5.41) is 0.660. The van der Waals surface area contributed by atoms with Crippen molar-refractivity contribution in [3.63, 3.8) is 0 Å². The number of fused-ring (bicyclic) bond motifs is 1. The minimum absolute atomic E-state index is 0. The maximum atomic E-state index is 13.1. The number of aromatic nitrogens is 3. The summed E-state index contributed by atoms with van der Waals surface area (Å²) in [6.07, 6.45) is 6.21. The summed E-state index contributed by atoms with van der Waals surface area (Å²) in [4.78, 5) is 23.6. The van der Waals surface area contributed by atoms with Crippen molar-refractivity contribution in [1.29, 1.82) is 0 Å². The highest BCUT2D eigenvalue weighted by molar-refractivity contribution is 7.22. The van der Waals surface area contributed by atoms with Crippen LogP contribution in [0, 0.1) is 6.92 Å². The minimum Gasteiger partial charge on any atom is -0.497 e. The van der Waals surface area contributed by atoms with E-state index in [0.717, 1.165) is 34.5 Å². The zero-order valence-corrected chi connectivity index (χ0v) is 19.6. The van der Waals surface area contributed by atoms with Gasteiger partial charge >= 0.3 is 0 Å². The molecular formula is C23H25ClN4O3S. The van der Waals surface area contributed by atoms with Gasteiger partial charge in [0.25, 0.3) is 5.91 Å². The van der Waals surface area contributed by atoms with Crippen molar-refractivity contribution in [3.8, 4) is 11.5 Å². The monoisotopic (exact) mass is 472 g/mol. The summed E-state index contributed by atoms with van der Waals surface area (Å²) < 4.78 is 14.1. The summed E-state index contributed by atoms with van der Waals surface area (Å²) in [5.74, 6) is 1.35. The molecular weight excluding hydrogens is 448 g/mol. The van der Waals surface area contributed by atoms with E-state index in [1.165, 1.54) is 11.3 Å². The van der Waals surface area contributed by atoms with Gasteiger partial charge in [-0.3, -0.25) is 9.69 Å². The number of thiazole rings is 1. The van der Waals surface area contributed by atoms with Crippen LogP contribution >= 0.6 is 23.7 Å². The molecule has 2 aromatic carbocycles. The molecule has 9 heteroatoms. The highest BCUT2D eigenvalue weighted by Gasteiger charge is 2.20. The predicted octanol–water partition coefficient (Wildman–Crippen LogP) is 4.73. The van der Waals surface area contributed by atoms with E-state index >= 15 is 0 Å². The van der Waals surface area contributed by atoms with Crippen LogP contribution in [0.15, 0.2) is 61.2 Å². The highest BCUT2D eigenvalue weighted by atomic mass is 35.5. The van der Waals surface area contributed by atoms with Gasteiger partial charge in [0.1, 0.15) is 11.5 Å². The van der Waals surface area contributed by atoms with Crippen molar-refractivity contribution in [2.24, 2.45) is 0 Å². The molecule has 32 heavy (non-hydrogen) atoms. The molecule has 0 N–H and O–H groups in total. The Morgan fingerprint density at radius 1 is 1.22 bits per heavy atom. The van der Waals surface area contributed by atoms with Crippen molar-refractivity contribution in [2.75, 3.05) is 25.2 Å². The Balaban J connectivity index is 0.00000289. The van der Waals surface area contributed by atoms with Gasteiger partial charge in [0, 0.05) is 25.5 Å². The number of aryl methyl sites for hydroxylation is 2. The Labute approximate surface area is 197 Å². The maximum absolute atomic E-state index is 13.1. The second-order valence-electron chi connectivity index (χ2n) is 7.08. The summed E-state index contributed by atoms with van der Waals surface area (Å²) in [7, 11) is 1.64. The fourth-order valence-corrected chi connectivity index (χ4v) is 4.27. The number of methoxy groups -OCH3 is 1. The summed E-state index contributed by atoms with van der Waals surface area (Å²) in [5.41, 5.74) is 1.84. The molecule has 0 bridgehead atoms. The first-order chi connectivity index (χ1) is 15.1.